The smallest absolute Gasteiger partial charge is 0.161 e. The summed E-state index contributed by atoms with van der Waals surface area (Å²) in [6, 6.07) is 5.51. The molecule has 0 spiro atoms. The molecular formula is C11H17NO3. The van der Waals surface area contributed by atoms with Gasteiger partial charge in [-0.1, -0.05) is 6.07 Å². The van der Waals surface area contributed by atoms with E-state index in [1.54, 1.807) is 20.1 Å². The first-order valence-electron chi connectivity index (χ1n) is 4.85. The predicted molar refractivity (Wildman–Crippen MR) is 58.1 cm³/mol. The highest BCUT2D eigenvalue weighted by Gasteiger charge is 2.06. The molecule has 1 aromatic carbocycles. The third-order valence-corrected chi connectivity index (χ3v) is 1.94. The van der Waals surface area contributed by atoms with E-state index in [-0.39, 0.29) is 6.61 Å². The number of aliphatic hydroxyl groups is 1. The monoisotopic (exact) mass is 211 g/mol. The summed E-state index contributed by atoms with van der Waals surface area (Å²) in [4.78, 5) is 0. The fraction of sp³-hybridized carbons (Fsp3) is 0.455. The van der Waals surface area contributed by atoms with Crippen molar-refractivity contribution in [2.45, 2.75) is 19.6 Å². The molecule has 0 aliphatic heterocycles. The number of hydrogen-bond donors (Lipinski definition) is 2. The normalized spacial score (nSPS) is 12.3. The first-order valence-corrected chi connectivity index (χ1v) is 4.85. The molecule has 4 heteroatoms. The van der Waals surface area contributed by atoms with Crippen molar-refractivity contribution in [3.05, 3.63) is 23.8 Å². The maximum Gasteiger partial charge on any atom is 0.161 e. The summed E-state index contributed by atoms with van der Waals surface area (Å²) in [7, 11) is 1.58. The minimum absolute atomic E-state index is 0.240. The predicted octanol–water partition coefficient (Wildman–Crippen LogP) is 0.913. The van der Waals surface area contributed by atoms with E-state index in [2.05, 4.69) is 0 Å². The zero-order chi connectivity index (χ0) is 11.3. The zero-order valence-electron chi connectivity index (χ0n) is 9.06. The Balaban J connectivity index is 2.81. The molecule has 1 atom stereocenters. The number of methoxy groups -OCH3 is 1. The summed E-state index contributed by atoms with van der Waals surface area (Å²) in [5, 5.41) is 9.11. The largest absolute Gasteiger partial charge is 0.493 e. The summed E-state index contributed by atoms with van der Waals surface area (Å²) < 4.78 is 10.5. The van der Waals surface area contributed by atoms with E-state index < -0.39 is 6.10 Å². The van der Waals surface area contributed by atoms with Gasteiger partial charge in [-0.2, -0.15) is 0 Å². The number of hydrogen-bond acceptors (Lipinski definition) is 4. The Morgan fingerprint density at radius 2 is 2.13 bits per heavy atom. The lowest BCUT2D eigenvalue weighted by Crippen LogP contribution is -2.13. The molecular weight excluding hydrogens is 194 g/mol. The number of ether oxygens (including phenoxy) is 2. The van der Waals surface area contributed by atoms with Crippen molar-refractivity contribution < 1.29 is 14.6 Å². The second-order valence-corrected chi connectivity index (χ2v) is 3.35. The van der Waals surface area contributed by atoms with E-state index >= 15 is 0 Å². The van der Waals surface area contributed by atoms with Crippen LogP contribution in [0.5, 0.6) is 11.5 Å². The zero-order valence-corrected chi connectivity index (χ0v) is 9.06. The van der Waals surface area contributed by atoms with Crippen molar-refractivity contribution >= 4 is 0 Å². The van der Waals surface area contributed by atoms with Gasteiger partial charge >= 0.3 is 0 Å². The number of rotatable bonds is 5. The summed E-state index contributed by atoms with van der Waals surface area (Å²) >= 11 is 0. The lowest BCUT2D eigenvalue weighted by molar-refractivity contribution is 0.120. The van der Waals surface area contributed by atoms with Gasteiger partial charge in [0.25, 0.3) is 0 Å². The molecule has 0 aromatic heterocycles. The van der Waals surface area contributed by atoms with Crippen LogP contribution >= 0.6 is 0 Å². The lowest BCUT2D eigenvalue weighted by Gasteiger charge is -2.12. The number of nitrogens with two attached hydrogens (primary N) is 1. The number of aliphatic hydroxyl groups excluding tert-OH is 1. The fourth-order valence-corrected chi connectivity index (χ4v) is 1.17. The van der Waals surface area contributed by atoms with Crippen molar-refractivity contribution in [2.75, 3.05) is 13.7 Å². The maximum absolute atomic E-state index is 9.11. The minimum Gasteiger partial charge on any atom is -0.493 e. The van der Waals surface area contributed by atoms with E-state index in [1.807, 2.05) is 12.1 Å². The van der Waals surface area contributed by atoms with Gasteiger partial charge in [0.2, 0.25) is 0 Å². The Morgan fingerprint density at radius 1 is 1.40 bits per heavy atom. The van der Waals surface area contributed by atoms with Crippen LogP contribution < -0.4 is 15.2 Å². The molecule has 1 rings (SSSR count). The summed E-state index contributed by atoms with van der Waals surface area (Å²) in [5.74, 6) is 1.26. The van der Waals surface area contributed by atoms with Gasteiger partial charge in [-0.15, -0.1) is 0 Å². The van der Waals surface area contributed by atoms with Crippen LogP contribution in [-0.2, 0) is 6.54 Å². The molecule has 84 valence electrons. The van der Waals surface area contributed by atoms with E-state index in [1.165, 1.54) is 0 Å². The molecule has 15 heavy (non-hydrogen) atoms. The van der Waals surface area contributed by atoms with Gasteiger partial charge in [-0.25, -0.2) is 0 Å². The van der Waals surface area contributed by atoms with Crippen LogP contribution in [0.1, 0.15) is 12.5 Å². The van der Waals surface area contributed by atoms with Crippen LogP contribution in [0.2, 0.25) is 0 Å². The van der Waals surface area contributed by atoms with Crippen molar-refractivity contribution in [3.8, 4) is 11.5 Å². The van der Waals surface area contributed by atoms with Gasteiger partial charge in [0.15, 0.2) is 11.5 Å². The SMILES string of the molecule is COc1ccc(CN)cc1OCC(C)O. The molecule has 1 aromatic rings. The van der Waals surface area contributed by atoms with Gasteiger partial charge in [0.05, 0.1) is 13.2 Å². The quantitative estimate of drug-likeness (QED) is 0.760. The van der Waals surface area contributed by atoms with Crippen molar-refractivity contribution in [2.24, 2.45) is 5.73 Å². The highest BCUT2D eigenvalue weighted by molar-refractivity contribution is 5.42. The van der Waals surface area contributed by atoms with Crippen LogP contribution in [0.3, 0.4) is 0 Å². The second-order valence-electron chi connectivity index (χ2n) is 3.35. The van der Waals surface area contributed by atoms with Gasteiger partial charge < -0.3 is 20.3 Å². The second kappa shape index (κ2) is 5.58. The Morgan fingerprint density at radius 3 is 2.67 bits per heavy atom. The van der Waals surface area contributed by atoms with Crippen LogP contribution in [0.4, 0.5) is 0 Å². The van der Waals surface area contributed by atoms with E-state index in [9.17, 15) is 0 Å². The van der Waals surface area contributed by atoms with Gasteiger partial charge in [0.1, 0.15) is 6.61 Å². The van der Waals surface area contributed by atoms with Crippen LogP contribution in [0.25, 0.3) is 0 Å². The molecule has 0 saturated heterocycles. The molecule has 0 amide bonds. The van der Waals surface area contributed by atoms with Crippen LogP contribution in [-0.4, -0.2) is 24.9 Å². The molecule has 4 nitrogen and oxygen atoms in total. The highest BCUT2D eigenvalue weighted by atomic mass is 16.5. The third kappa shape index (κ3) is 3.42. The molecule has 0 bridgehead atoms. The first kappa shape index (κ1) is 11.8. The van der Waals surface area contributed by atoms with E-state index in [0.29, 0.717) is 18.0 Å². The van der Waals surface area contributed by atoms with Crippen molar-refractivity contribution in [1.82, 2.24) is 0 Å². The van der Waals surface area contributed by atoms with Crippen LogP contribution in [0, 0.1) is 0 Å². The standard InChI is InChI=1S/C11H17NO3/c1-8(13)7-15-11-5-9(6-12)3-4-10(11)14-2/h3-5,8,13H,6-7,12H2,1-2H3. The molecule has 0 heterocycles. The minimum atomic E-state index is -0.503. The summed E-state index contributed by atoms with van der Waals surface area (Å²) in [5.41, 5.74) is 6.49. The van der Waals surface area contributed by atoms with Crippen molar-refractivity contribution in [1.29, 1.82) is 0 Å². The van der Waals surface area contributed by atoms with Gasteiger partial charge in [-0.3, -0.25) is 0 Å². The average Bonchev–Trinajstić information content (AvgIpc) is 2.25. The first-order chi connectivity index (χ1) is 7.17. The van der Waals surface area contributed by atoms with E-state index in [0.717, 1.165) is 5.56 Å². The van der Waals surface area contributed by atoms with Gasteiger partial charge in [-0.05, 0) is 24.6 Å². The number of benzene rings is 1. The topological polar surface area (TPSA) is 64.7 Å². The maximum atomic E-state index is 9.11. The summed E-state index contributed by atoms with van der Waals surface area (Å²) in [6.07, 6.45) is -0.503. The average molecular weight is 211 g/mol. The van der Waals surface area contributed by atoms with Gasteiger partial charge in [0, 0.05) is 6.54 Å². The fourth-order valence-electron chi connectivity index (χ4n) is 1.17. The lowest BCUT2D eigenvalue weighted by atomic mass is 10.2. The molecule has 0 radical (unpaired) electrons. The molecule has 0 saturated carbocycles. The third-order valence-electron chi connectivity index (χ3n) is 1.94. The molecule has 0 aliphatic rings. The molecule has 1 unspecified atom stereocenters. The van der Waals surface area contributed by atoms with Crippen LogP contribution in [0.15, 0.2) is 18.2 Å². The molecule has 0 fully saturated rings. The Bertz CT molecular complexity index is 313. The molecule has 0 aliphatic carbocycles. The molecule has 3 N–H and O–H groups in total. The highest BCUT2D eigenvalue weighted by Crippen LogP contribution is 2.27. The Kier molecular flexibility index (Phi) is 4.39. The van der Waals surface area contributed by atoms with Crippen molar-refractivity contribution in [3.63, 3.8) is 0 Å². The van der Waals surface area contributed by atoms with E-state index in [4.69, 9.17) is 20.3 Å². The Hall–Kier alpha value is -1.26. The Labute approximate surface area is 89.6 Å². The summed E-state index contributed by atoms with van der Waals surface area (Å²) in [6.45, 7) is 2.36.